The molecule has 4 nitrogen and oxygen atoms in total. The normalized spacial score (nSPS) is 12.4. The van der Waals surface area contributed by atoms with Crippen LogP contribution in [-0.2, 0) is 6.42 Å². The summed E-state index contributed by atoms with van der Waals surface area (Å²) < 4.78 is 0. The van der Waals surface area contributed by atoms with Gasteiger partial charge in [0.05, 0.1) is 17.9 Å². The Morgan fingerprint density at radius 3 is 2.75 bits per heavy atom. The van der Waals surface area contributed by atoms with Crippen molar-refractivity contribution in [1.29, 1.82) is 0 Å². The van der Waals surface area contributed by atoms with Crippen molar-refractivity contribution in [2.24, 2.45) is 5.73 Å². The molecule has 0 saturated heterocycles. The lowest BCUT2D eigenvalue weighted by atomic mass is 10.0. The molecular formula is C11H11ClN4. The largest absolute Gasteiger partial charge is 0.322 e. The molecule has 2 N–H and O–H groups in total. The molecule has 0 bridgehead atoms. The highest BCUT2D eigenvalue weighted by Crippen LogP contribution is 2.20. The van der Waals surface area contributed by atoms with Gasteiger partial charge in [0.15, 0.2) is 0 Å². The van der Waals surface area contributed by atoms with E-state index in [1.54, 1.807) is 6.20 Å². The lowest BCUT2D eigenvalue weighted by molar-refractivity contribution is 0.681. The fourth-order valence-electron chi connectivity index (χ4n) is 1.45. The summed E-state index contributed by atoms with van der Waals surface area (Å²) in [5.41, 5.74) is 7.73. The van der Waals surface area contributed by atoms with Crippen molar-refractivity contribution in [3.8, 4) is 0 Å². The average Bonchev–Trinajstić information content (AvgIpc) is 2.33. The van der Waals surface area contributed by atoms with Gasteiger partial charge < -0.3 is 5.73 Å². The van der Waals surface area contributed by atoms with E-state index in [2.05, 4.69) is 15.2 Å². The van der Waals surface area contributed by atoms with Gasteiger partial charge in [-0.05, 0) is 18.1 Å². The van der Waals surface area contributed by atoms with Gasteiger partial charge in [-0.1, -0.05) is 29.8 Å². The van der Waals surface area contributed by atoms with Crippen molar-refractivity contribution in [3.05, 3.63) is 53.1 Å². The van der Waals surface area contributed by atoms with Gasteiger partial charge in [-0.2, -0.15) is 5.10 Å². The van der Waals surface area contributed by atoms with Crippen LogP contribution in [0.2, 0.25) is 5.02 Å². The van der Waals surface area contributed by atoms with Gasteiger partial charge in [-0.15, -0.1) is 5.10 Å². The van der Waals surface area contributed by atoms with Crippen LogP contribution < -0.4 is 5.73 Å². The van der Waals surface area contributed by atoms with E-state index in [1.807, 2.05) is 24.3 Å². The number of benzene rings is 1. The van der Waals surface area contributed by atoms with Crippen molar-refractivity contribution in [1.82, 2.24) is 15.2 Å². The molecule has 5 heteroatoms. The highest BCUT2D eigenvalue weighted by Gasteiger charge is 2.10. The quantitative estimate of drug-likeness (QED) is 0.879. The van der Waals surface area contributed by atoms with Crippen LogP contribution in [0.5, 0.6) is 0 Å². The number of hydrogen-bond acceptors (Lipinski definition) is 4. The standard InChI is InChI=1S/C11H11ClN4/c12-9-4-2-1-3-8(9)5-10(13)11-6-15-16-7-14-11/h1-4,6-7,10H,5,13H2. The number of halogens is 1. The smallest absolute Gasteiger partial charge is 0.138 e. The maximum absolute atomic E-state index is 6.05. The highest BCUT2D eigenvalue weighted by atomic mass is 35.5. The van der Waals surface area contributed by atoms with Crippen LogP contribution >= 0.6 is 11.6 Å². The molecule has 1 heterocycles. The van der Waals surface area contributed by atoms with Gasteiger partial charge in [0.25, 0.3) is 0 Å². The first-order chi connectivity index (χ1) is 7.77. The first kappa shape index (κ1) is 11.0. The average molecular weight is 235 g/mol. The topological polar surface area (TPSA) is 64.7 Å². The summed E-state index contributed by atoms with van der Waals surface area (Å²) in [6, 6.07) is 7.42. The van der Waals surface area contributed by atoms with Crippen LogP contribution in [0, 0.1) is 0 Å². The Labute approximate surface area is 98.5 Å². The summed E-state index contributed by atoms with van der Waals surface area (Å²) in [6.07, 6.45) is 3.60. The second kappa shape index (κ2) is 5.01. The van der Waals surface area contributed by atoms with Crippen LogP contribution in [0.15, 0.2) is 36.8 Å². The number of aromatic nitrogens is 3. The molecular weight excluding hydrogens is 224 g/mol. The van der Waals surface area contributed by atoms with Crippen molar-refractivity contribution >= 4 is 11.6 Å². The van der Waals surface area contributed by atoms with Crippen LogP contribution in [-0.4, -0.2) is 15.2 Å². The molecule has 0 fully saturated rings. The molecule has 0 radical (unpaired) electrons. The van der Waals surface area contributed by atoms with Crippen LogP contribution in [0.4, 0.5) is 0 Å². The van der Waals surface area contributed by atoms with E-state index in [1.165, 1.54) is 6.33 Å². The van der Waals surface area contributed by atoms with Crippen LogP contribution in [0.3, 0.4) is 0 Å². The Kier molecular flexibility index (Phi) is 3.44. The molecule has 1 unspecified atom stereocenters. The SMILES string of the molecule is NC(Cc1ccccc1Cl)c1cnncn1. The van der Waals surface area contributed by atoms with E-state index in [9.17, 15) is 0 Å². The molecule has 0 aliphatic carbocycles. The maximum atomic E-state index is 6.05. The summed E-state index contributed by atoms with van der Waals surface area (Å²) in [6.45, 7) is 0. The predicted molar refractivity (Wildman–Crippen MR) is 61.9 cm³/mol. The third-order valence-electron chi connectivity index (χ3n) is 2.29. The lowest BCUT2D eigenvalue weighted by Gasteiger charge is -2.11. The molecule has 0 aliphatic rings. The van der Waals surface area contributed by atoms with Crippen LogP contribution in [0.1, 0.15) is 17.3 Å². The minimum absolute atomic E-state index is 0.213. The molecule has 0 saturated carbocycles. The lowest BCUT2D eigenvalue weighted by Crippen LogP contribution is -2.15. The number of rotatable bonds is 3. The third kappa shape index (κ3) is 2.53. The predicted octanol–water partition coefficient (Wildman–Crippen LogP) is 1.77. The van der Waals surface area contributed by atoms with E-state index in [0.29, 0.717) is 6.42 Å². The maximum Gasteiger partial charge on any atom is 0.138 e. The Balaban J connectivity index is 2.14. The Morgan fingerprint density at radius 1 is 1.25 bits per heavy atom. The molecule has 1 aromatic heterocycles. The molecule has 2 aromatic rings. The zero-order valence-corrected chi connectivity index (χ0v) is 9.30. The van der Waals surface area contributed by atoms with Crippen molar-refractivity contribution in [2.45, 2.75) is 12.5 Å². The summed E-state index contributed by atoms with van der Waals surface area (Å²) >= 11 is 6.05. The van der Waals surface area contributed by atoms with E-state index in [4.69, 9.17) is 17.3 Å². The molecule has 82 valence electrons. The molecule has 2 rings (SSSR count). The Bertz CT molecular complexity index is 461. The summed E-state index contributed by atoms with van der Waals surface area (Å²) in [7, 11) is 0. The van der Waals surface area contributed by atoms with Crippen molar-refractivity contribution in [2.75, 3.05) is 0 Å². The minimum Gasteiger partial charge on any atom is -0.322 e. The zero-order valence-electron chi connectivity index (χ0n) is 8.55. The minimum atomic E-state index is -0.213. The number of hydrogen-bond donors (Lipinski definition) is 1. The second-order valence-corrected chi connectivity index (χ2v) is 3.84. The number of nitrogens with zero attached hydrogens (tertiary/aromatic N) is 3. The second-order valence-electron chi connectivity index (χ2n) is 3.43. The fraction of sp³-hybridized carbons (Fsp3) is 0.182. The van der Waals surface area contributed by atoms with Gasteiger partial charge in [-0.3, -0.25) is 0 Å². The molecule has 1 atom stereocenters. The van der Waals surface area contributed by atoms with Crippen molar-refractivity contribution in [3.63, 3.8) is 0 Å². The summed E-state index contributed by atoms with van der Waals surface area (Å²) in [5.74, 6) is 0. The molecule has 16 heavy (non-hydrogen) atoms. The van der Waals surface area contributed by atoms with E-state index < -0.39 is 0 Å². The van der Waals surface area contributed by atoms with Crippen LogP contribution in [0.25, 0.3) is 0 Å². The third-order valence-corrected chi connectivity index (χ3v) is 2.66. The van der Waals surface area contributed by atoms with Gasteiger partial charge >= 0.3 is 0 Å². The monoisotopic (exact) mass is 234 g/mol. The van der Waals surface area contributed by atoms with E-state index in [-0.39, 0.29) is 6.04 Å². The number of nitrogens with two attached hydrogens (primary N) is 1. The molecule has 0 spiro atoms. The summed E-state index contributed by atoms with van der Waals surface area (Å²) in [4.78, 5) is 4.06. The first-order valence-electron chi connectivity index (χ1n) is 4.89. The van der Waals surface area contributed by atoms with Gasteiger partial charge in [-0.25, -0.2) is 4.98 Å². The highest BCUT2D eigenvalue weighted by molar-refractivity contribution is 6.31. The van der Waals surface area contributed by atoms with Gasteiger partial charge in [0.1, 0.15) is 6.33 Å². The molecule has 1 aromatic carbocycles. The van der Waals surface area contributed by atoms with Crippen molar-refractivity contribution < 1.29 is 0 Å². The van der Waals surface area contributed by atoms with Gasteiger partial charge in [0.2, 0.25) is 0 Å². The Morgan fingerprint density at radius 2 is 2.06 bits per heavy atom. The molecule has 0 aliphatic heterocycles. The van der Waals surface area contributed by atoms with E-state index in [0.717, 1.165) is 16.3 Å². The first-order valence-corrected chi connectivity index (χ1v) is 5.26. The zero-order chi connectivity index (χ0) is 11.4. The van der Waals surface area contributed by atoms with Gasteiger partial charge in [0, 0.05) is 5.02 Å². The molecule has 0 amide bonds. The summed E-state index contributed by atoms with van der Waals surface area (Å²) in [5, 5.41) is 8.08. The fourth-order valence-corrected chi connectivity index (χ4v) is 1.66. The Hall–Kier alpha value is -1.52. The van der Waals surface area contributed by atoms with E-state index >= 15 is 0 Å².